The van der Waals surface area contributed by atoms with E-state index in [4.69, 9.17) is 9.84 Å². The smallest absolute Gasteiger partial charge is 0.0777 e. The van der Waals surface area contributed by atoms with Gasteiger partial charge in [0.15, 0.2) is 0 Å². The summed E-state index contributed by atoms with van der Waals surface area (Å²) < 4.78 is 5.20. The minimum atomic E-state index is -0.00704. The Balaban J connectivity index is 3.06. The first-order valence-corrected chi connectivity index (χ1v) is 3.39. The second-order valence-electron chi connectivity index (χ2n) is 2.72. The van der Waals surface area contributed by atoms with Crippen molar-refractivity contribution in [2.24, 2.45) is 5.92 Å². The molecule has 0 bridgehead atoms. The van der Waals surface area contributed by atoms with Crippen molar-refractivity contribution < 1.29 is 9.84 Å². The average Bonchev–Trinajstić information content (AvgIpc) is 1.83. The van der Waals surface area contributed by atoms with Crippen molar-refractivity contribution in [3.63, 3.8) is 0 Å². The van der Waals surface area contributed by atoms with E-state index in [1.54, 1.807) is 0 Å². The molecule has 0 spiro atoms. The molecule has 0 aromatic carbocycles. The van der Waals surface area contributed by atoms with E-state index in [-0.39, 0.29) is 12.7 Å². The summed E-state index contributed by atoms with van der Waals surface area (Å²) in [6.45, 7) is 6.89. The second kappa shape index (κ2) is 4.77. The largest absolute Gasteiger partial charge is 0.394 e. The van der Waals surface area contributed by atoms with E-state index in [9.17, 15) is 0 Å². The fourth-order valence-electron chi connectivity index (χ4n) is 0.409. The predicted molar refractivity (Wildman–Crippen MR) is 37.3 cm³/mol. The minimum Gasteiger partial charge on any atom is -0.394 e. The number of aliphatic hydroxyl groups excluding tert-OH is 1. The molecule has 0 aromatic rings. The number of hydrogen-bond acceptors (Lipinski definition) is 2. The van der Waals surface area contributed by atoms with Crippen LogP contribution < -0.4 is 0 Å². The second-order valence-corrected chi connectivity index (χ2v) is 2.72. The third-order valence-corrected chi connectivity index (χ3v) is 0.971. The molecule has 1 atom stereocenters. The number of ether oxygens (including phenoxy) is 1. The molecule has 9 heavy (non-hydrogen) atoms. The van der Waals surface area contributed by atoms with Crippen LogP contribution in [0.2, 0.25) is 0 Å². The van der Waals surface area contributed by atoms with E-state index in [1.807, 2.05) is 6.92 Å². The molecule has 0 radical (unpaired) electrons. The fraction of sp³-hybridized carbons (Fsp3) is 1.00. The molecule has 2 nitrogen and oxygen atoms in total. The molecule has 1 unspecified atom stereocenters. The van der Waals surface area contributed by atoms with Crippen molar-refractivity contribution in [2.75, 3.05) is 13.2 Å². The summed E-state index contributed by atoms with van der Waals surface area (Å²) in [5.41, 5.74) is 0. The maximum absolute atomic E-state index is 8.52. The van der Waals surface area contributed by atoms with Crippen molar-refractivity contribution in [1.82, 2.24) is 0 Å². The summed E-state index contributed by atoms with van der Waals surface area (Å²) in [5, 5.41) is 8.52. The van der Waals surface area contributed by atoms with Gasteiger partial charge in [-0.25, -0.2) is 0 Å². The first kappa shape index (κ1) is 8.92. The number of aliphatic hydroxyl groups is 1. The Morgan fingerprint density at radius 2 is 1.89 bits per heavy atom. The van der Waals surface area contributed by atoms with E-state index < -0.39 is 0 Å². The lowest BCUT2D eigenvalue weighted by atomic mass is 10.2. The molecule has 56 valence electrons. The van der Waals surface area contributed by atoms with Crippen LogP contribution >= 0.6 is 0 Å². The molecule has 0 aliphatic heterocycles. The summed E-state index contributed by atoms with van der Waals surface area (Å²) in [6, 6.07) is 0. The van der Waals surface area contributed by atoms with E-state index in [1.165, 1.54) is 0 Å². The Hall–Kier alpha value is -0.0800. The Labute approximate surface area is 56.8 Å². The lowest BCUT2D eigenvalue weighted by molar-refractivity contribution is 0.0117. The monoisotopic (exact) mass is 132 g/mol. The van der Waals surface area contributed by atoms with Crippen LogP contribution in [0.15, 0.2) is 0 Å². The van der Waals surface area contributed by atoms with Gasteiger partial charge in [0.2, 0.25) is 0 Å². The third kappa shape index (κ3) is 5.80. The number of rotatable bonds is 4. The van der Waals surface area contributed by atoms with E-state index in [2.05, 4.69) is 13.8 Å². The topological polar surface area (TPSA) is 29.5 Å². The maximum atomic E-state index is 8.52. The van der Waals surface area contributed by atoms with E-state index >= 15 is 0 Å². The molecular weight excluding hydrogens is 116 g/mol. The van der Waals surface area contributed by atoms with Crippen LogP contribution in [-0.2, 0) is 4.74 Å². The first-order valence-electron chi connectivity index (χ1n) is 3.39. The fourth-order valence-corrected chi connectivity index (χ4v) is 0.409. The van der Waals surface area contributed by atoms with Crippen LogP contribution in [0.3, 0.4) is 0 Å². The van der Waals surface area contributed by atoms with Gasteiger partial charge in [-0.05, 0) is 12.8 Å². The third-order valence-electron chi connectivity index (χ3n) is 0.971. The van der Waals surface area contributed by atoms with Gasteiger partial charge in [0.05, 0.1) is 12.7 Å². The average molecular weight is 132 g/mol. The molecule has 0 saturated heterocycles. The molecular formula is C7H16O2. The lowest BCUT2D eigenvalue weighted by Crippen LogP contribution is -2.15. The molecule has 0 aromatic heterocycles. The highest BCUT2D eigenvalue weighted by atomic mass is 16.5. The molecule has 2 heteroatoms. The molecule has 0 heterocycles. The molecule has 0 fully saturated rings. The predicted octanol–water partition coefficient (Wildman–Crippen LogP) is 1.04. The number of hydrogen-bond donors (Lipinski definition) is 1. The van der Waals surface area contributed by atoms with E-state index in [0.717, 1.165) is 6.61 Å². The molecule has 1 N–H and O–H groups in total. The highest BCUT2D eigenvalue weighted by molar-refractivity contribution is 4.46. The quantitative estimate of drug-likeness (QED) is 0.619. The van der Waals surface area contributed by atoms with Crippen LogP contribution in [0.25, 0.3) is 0 Å². The van der Waals surface area contributed by atoms with Crippen molar-refractivity contribution in [1.29, 1.82) is 0 Å². The van der Waals surface area contributed by atoms with E-state index in [0.29, 0.717) is 5.92 Å². The molecule has 0 amide bonds. The van der Waals surface area contributed by atoms with Gasteiger partial charge in [0.1, 0.15) is 0 Å². The van der Waals surface area contributed by atoms with Crippen molar-refractivity contribution in [3.05, 3.63) is 0 Å². The Kier molecular flexibility index (Phi) is 4.72. The van der Waals surface area contributed by atoms with Crippen molar-refractivity contribution >= 4 is 0 Å². The molecule has 0 saturated carbocycles. The van der Waals surface area contributed by atoms with Gasteiger partial charge in [0.25, 0.3) is 0 Å². The summed E-state index contributed by atoms with van der Waals surface area (Å²) in [6.07, 6.45) is -0.00704. The zero-order chi connectivity index (χ0) is 7.28. The van der Waals surface area contributed by atoms with Crippen LogP contribution in [0, 0.1) is 5.92 Å². The first-order chi connectivity index (χ1) is 4.16. The molecule has 0 rings (SSSR count). The summed E-state index contributed by atoms with van der Waals surface area (Å²) in [5.74, 6) is 0.555. The minimum absolute atomic E-state index is 0.00704. The SMILES string of the molecule is CC(C)COC(C)CO. The van der Waals surface area contributed by atoms with Crippen molar-refractivity contribution in [3.8, 4) is 0 Å². The van der Waals surface area contributed by atoms with Gasteiger partial charge in [-0.2, -0.15) is 0 Å². The van der Waals surface area contributed by atoms with Gasteiger partial charge >= 0.3 is 0 Å². The van der Waals surface area contributed by atoms with Crippen LogP contribution in [0.5, 0.6) is 0 Å². The highest BCUT2D eigenvalue weighted by Crippen LogP contribution is 1.96. The maximum Gasteiger partial charge on any atom is 0.0777 e. The Morgan fingerprint density at radius 3 is 2.22 bits per heavy atom. The Morgan fingerprint density at radius 1 is 1.33 bits per heavy atom. The zero-order valence-electron chi connectivity index (χ0n) is 6.42. The lowest BCUT2D eigenvalue weighted by Gasteiger charge is -2.11. The van der Waals surface area contributed by atoms with Gasteiger partial charge in [-0.1, -0.05) is 13.8 Å². The van der Waals surface area contributed by atoms with Crippen molar-refractivity contribution in [2.45, 2.75) is 26.9 Å². The Bertz CT molecular complexity index is 61.9. The normalized spacial score (nSPS) is 14.3. The summed E-state index contributed by atoms with van der Waals surface area (Å²) in [4.78, 5) is 0. The molecule has 0 aliphatic rings. The van der Waals surface area contributed by atoms with Gasteiger partial charge in [-0.3, -0.25) is 0 Å². The zero-order valence-corrected chi connectivity index (χ0v) is 6.42. The van der Waals surface area contributed by atoms with Gasteiger partial charge in [-0.15, -0.1) is 0 Å². The molecule has 0 aliphatic carbocycles. The van der Waals surface area contributed by atoms with Crippen LogP contribution in [0.4, 0.5) is 0 Å². The summed E-state index contributed by atoms with van der Waals surface area (Å²) >= 11 is 0. The van der Waals surface area contributed by atoms with Gasteiger partial charge in [0, 0.05) is 6.61 Å². The standard InChI is InChI=1S/C7H16O2/c1-6(2)5-9-7(3)4-8/h6-8H,4-5H2,1-3H3. The van der Waals surface area contributed by atoms with Crippen LogP contribution in [0.1, 0.15) is 20.8 Å². The van der Waals surface area contributed by atoms with Crippen LogP contribution in [-0.4, -0.2) is 24.4 Å². The summed E-state index contributed by atoms with van der Waals surface area (Å²) in [7, 11) is 0. The van der Waals surface area contributed by atoms with Gasteiger partial charge < -0.3 is 9.84 Å². The highest BCUT2D eigenvalue weighted by Gasteiger charge is 1.99.